The topological polar surface area (TPSA) is 29.1 Å². The Morgan fingerprint density at radius 2 is 1.85 bits per heavy atom. The highest BCUT2D eigenvalue weighted by Gasteiger charge is 2.03. The quantitative estimate of drug-likeness (QED) is 0.895. The molecular formula is C17H18ClNO. The molecule has 0 aliphatic rings. The van der Waals surface area contributed by atoms with Gasteiger partial charge in [0, 0.05) is 11.6 Å². The molecule has 2 aromatic carbocycles. The van der Waals surface area contributed by atoms with Crippen molar-refractivity contribution in [2.75, 3.05) is 6.54 Å². The Morgan fingerprint density at radius 3 is 2.60 bits per heavy atom. The molecule has 0 aromatic heterocycles. The molecule has 3 heteroatoms. The van der Waals surface area contributed by atoms with E-state index in [1.165, 1.54) is 5.56 Å². The fourth-order valence-corrected chi connectivity index (χ4v) is 2.32. The molecule has 2 nitrogen and oxygen atoms in total. The minimum absolute atomic E-state index is 0.0534. The second-order valence-electron chi connectivity index (χ2n) is 4.90. The number of rotatable bonds is 5. The molecular weight excluding hydrogens is 270 g/mol. The van der Waals surface area contributed by atoms with Gasteiger partial charge in [-0.15, -0.1) is 0 Å². The number of carbonyl (C=O) groups excluding carboxylic acids is 1. The summed E-state index contributed by atoms with van der Waals surface area (Å²) in [6, 6.07) is 15.7. The minimum Gasteiger partial charge on any atom is -0.355 e. The molecule has 0 heterocycles. The van der Waals surface area contributed by atoms with Gasteiger partial charge in [-0.3, -0.25) is 4.79 Å². The van der Waals surface area contributed by atoms with Crippen molar-refractivity contribution in [3.63, 3.8) is 0 Å². The summed E-state index contributed by atoms with van der Waals surface area (Å²) < 4.78 is 0. The van der Waals surface area contributed by atoms with Crippen LogP contribution in [0, 0.1) is 6.92 Å². The van der Waals surface area contributed by atoms with Crippen LogP contribution in [-0.4, -0.2) is 12.5 Å². The van der Waals surface area contributed by atoms with Crippen molar-refractivity contribution in [3.8, 4) is 0 Å². The van der Waals surface area contributed by atoms with Crippen molar-refractivity contribution in [1.29, 1.82) is 0 Å². The summed E-state index contributed by atoms with van der Waals surface area (Å²) in [4.78, 5) is 11.8. The van der Waals surface area contributed by atoms with Crippen LogP contribution in [0.25, 0.3) is 0 Å². The lowest BCUT2D eigenvalue weighted by molar-refractivity contribution is -0.120. The van der Waals surface area contributed by atoms with Crippen LogP contribution in [0.5, 0.6) is 0 Å². The Kier molecular flexibility index (Phi) is 5.19. The normalized spacial score (nSPS) is 10.3. The van der Waals surface area contributed by atoms with Crippen molar-refractivity contribution in [2.45, 2.75) is 19.8 Å². The van der Waals surface area contributed by atoms with Gasteiger partial charge in [0.05, 0.1) is 6.42 Å². The van der Waals surface area contributed by atoms with Crippen LogP contribution >= 0.6 is 11.6 Å². The number of halogens is 1. The highest BCUT2D eigenvalue weighted by Crippen LogP contribution is 2.10. The zero-order valence-electron chi connectivity index (χ0n) is 11.5. The summed E-state index contributed by atoms with van der Waals surface area (Å²) in [6.07, 6.45) is 1.22. The molecule has 104 valence electrons. The Labute approximate surface area is 124 Å². The third-order valence-corrected chi connectivity index (χ3v) is 3.31. The molecule has 2 aromatic rings. The lowest BCUT2D eigenvalue weighted by Gasteiger charge is -2.06. The van der Waals surface area contributed by atoms with Gasteiger partial charge in [-0.05, 0) is 36.6 Å². The summed E-state index contributed by atoms with van der Waals surface area (Å²) in [6.45, 7) is 2.66. The van der Waals surface area contributed by atoms with Gasteiger partial charge in [0.15, 0.2) is 0 Å². The number of carbonyl (C=O) groups is 1. The van der Waals surface area contributed by atoms with Crippen LogP contribution in [0.15, 0.2) is 48.5 Å². The van der Waals surface area contributed by atoms with Crippen molar-refractivity contribution < 1.29 is 4.79 Å². The second-order valence-corrected chi connectivity index (χ2v) is 5.33. The van der Waals surface area contributed by atoms with E-state index in [4.69, 9.17) is 11.6 Å². The SMILES string of the molecule is Cc1cccc(CC(=O)NCCc2cccc(Cl)c2)c1. The average Bonchev–Trinajstić information content (AvgIpc) is 2.38. The third-order valence-electron chi connectivity index (χ3n) is 3.07. The first-order valence-electron chi connectivity index (χ1n) is 6.70. The van der Waals surface area contributed by atoms with Gasteiger partial charge < -0.3 is 5.32 Å². The molecule has 0 unspecified atom stereocenters. The van der Waals surface area contributed by atoms with Gasteiger partial charge >= 0.3 is 0 Å². The van der Waals surface area contributed by atoms with E-state index >= 15 is 0 Å². The number of aryl methyl sites for hydroxylation is 1. The average molecular weight is 288 g/mol. The summed E-state index contributed by atoms with van der Waals surface area (Å²) >= 11 is 5.92. The van der Waals surface area contributed by atoms with E-state index in [9.17, 15) is 4.79 Å². The Morgan fingerprint density at radius 1 is 1.10 bits per heavy atom. The first kappa shape index (κ1) is 14.6. The summed E-state index contributed by atoms with van der Waals surface area (Å²) in [5, 5.41) is 3.67. The van der Waals surface area contributed by atoms with Crippen LogP contribution in [-0.2, 0) is 17.6 Å². The number of hydrogen-bond acceptors (Lipinski definition) is 1. The monoisotopic (exact) mass is 287 g/mol. The van der Waals surface area contributed by atoms with Crippen molar-refractivity contribution in [2.24, 2.45) is 0 Å². The number of amides is 1. The molecule has 2 rings (SSSR count). The Bertz CT molecular complexity index is 595. The van der Waals surface area contributed by atoms with E-state index in [0.717, 1.165) is 22.6 Å². The molecule has 0 atom stereocenters. The predicted octanol–water partition coefficient (Wildman–Crippen LogP) is 3.55. The van der Waals surface area contributed by atoms with Crippen LogP contribution < -0.4 is 5.32 Å². The van der Waals surface area contributed by atoms with Gasteiger partial charge in [0.1, 0.15) is 0 Å². The Balaban J connectivity index is 1.78. The number of benzene rings is 2. The molecule has 0 saturated carbocycles. The van der Waals surface area contributed by atoms with E-state index in [-0.39, 0.29) is 5.91 Å². The molecule has 0 radical (unpaired) electrons. The number of hydrogen-bond donors (Lipinski definition) is 1. The maximum Gasteiger partial charge on any atom is 0.224 e. The van der Waals surface area contributed by atoms with Gasteiger partial charge in [-0.2, -0.15) is 0 Å². The standard InChI is InChI=1S/C17H18ClNO/c1-13-4-2-6-15(10-13)12-17(20)19-9-8-14-5-3-7-16(18)11-14/h2-7,10-11H,8-9,12H2,1H3,(H,19,20). The highest BCUT2D eigenvalue weighted by atomic mass is 35.5. The van der Waals surface area contributed by atoms with Crippen LogP contribution in [0.1, 0.15) is 16.7 Å². The zero-order chi connectivity index (χ0) is 14.4. The van der Waals surface area contributed by atoms with Crippen LogP contribution in [0.2, 0.25) is 5.02 Å². The first-order chi connectivity index (χ1) is 9.63. The molecule has 20 heavy (non-hydrogen) atoms. The van der Waals surface area contributed by atoms with Gasteiger partial charge in [0.25, 0.3) is 0 Å². The molecule has 0 bridgehead atoms. The predicted molar refractivity (Wildman–Crippen MR) is 83.0 cm³/mol. The summed E-state index contributed by atoms with van der Waals surface area (Å²) in [5.74, 6) is 0.0534. The summed E-state index contributed by atoms with van der Waals surface area (Å²) in [7, 11) is 0. The molecule has 0 saturated heterocycles. The lowest BCUT2D eigenvalue weighted by Crippen LogP contribution is -2.27. The second kappa shape index (κ2) is 7.11. The maximum absolute atomic E-state index is 11.8. The van der Waals surface area contributed by atoms with E-state index in [1.807, 2.05) is 55.5 Å². The van der Waals surface area contributed by atoms with Gasteiger partial charge in [0.2, 0.25) is 5.91 Å². The molecule has 1 N–H and O–H groups in total. The zero-order valence-corrected chi connectivity index (χ0v) is 12.3. The van der Waals surface area contributed by atoms with Crippen molar-refractivity contribution in [3.05, 3.63) is 70.2 Å². The lowest BCUT2D eigenvalue weighted by atomic mass is 10.1. The molecule has 0 fully saturated rings. The fourth-order valence-electron chi connectivity index (χ4n) is 2.11. The first-order valence-corrected chi connectivity index (χ1v) is 7.08. The summed E-state index contributed by atoms with van der Waals surface area (Å²) in [5.41, 5.74) is 3.35. The molecule has 1 amide bonds. The van der Waals surface area contributed by atoms with Crippen LogP contribution in [0.4, 0.5) is 0 Å². The van der Waals surface area contributed by atoms with Gasteiger partial charge in [-0.1, -0.05) is 53.6 Å². The van der Waals surface area contributed by atoms with Crippen LogP contribution in [0.3, 0.4) is 0 Å². The fraction of sp³-hybridized carbons (Fsp3) is 0.235. The third kappa shape index (κ3) is 4.71. The number of nitrogens with one attached hydrogen (secondary N) is 1. The largest absolute Gasteiger partial charge is 0.355 e. The van der Waals surface area contributed by atoms with Crippen molar-refractivity contribution in [1.82, 2.24) is 5.32 Å². The van der Waals surface area contributed by atoms with Gasteiger partial charge in [-0.25, -0.2) is 0 Å². The Hall–Kier alpha value is -1.80. The molecule has 0 spiro atoms. The van der Waals surface area contributed by atoms with E-state index in [1.54, 1.807) is 0 Å². The van der Waals surface area contributed by atoms with Crippen molar-refractivity contribution >= 4 is 17.5 Å². The minimum atomic E-state index is 0.0534. The molecule has 0 aliphatic carbocycles. The highest BCUT2D eigenvalue weighted by molar-refractivity contribution is 6.30. The van der Waals surface area contributed by atoms with E-state index in [2.05, 4.69) is 5.32 Å². The maximum atomic E-state index is 11.8. The smallest absolute Gasteiger partial charge is 0.224 e. The van der Waals surface area contributed by atoms with E-state index < -0.39 is 0 Å². The molecule has 0 aliphatic heterocycles. The van der Waals surface area contributed by atoms with E-state index in [0.29, 0.717) is 13.0 Å².